The molecular weight excluding hydrogens is 107 g/mol. The minimum absolute atomic E-state index is 0.115. The number of ether oxygens (including phenoxy) is 1. The van der Waals surface area contributed by atoms with Gasteiger partial charge in [0.2, 0.25) is 6.36 Å². The Hall–Kier alpha value is -0.110. The highest BCUT2D eigenvalue weighted by atomic mass is 19.1. The molecule has 1 rings (SSSR count). The van der Waals surface area contributed by atoms with Gasteiger partial charge in [0, 0.05) is 5.92 Å². The Balaban J connectivity index is 2.28. The number of alkyl halides is 1. The summed E-state index contributed by atoms with van der Waals surface area (Å²) in [5.74, 6) is 0.115. The maximum atomic E-state index is 12.4. The fourth-order valence-electron chi connectivity index (χ4n) is 0.897. The largest absolute Gasteiger partial charge is 0.348 e. The van der Waals surface area contributed by atoms with E-state index in [0.717, 1.165) is 12.8 Å². The van der Waals surface area contributed by atoms with E-state index in [2.05, 4.69) is 0 Å². The monoisotopic (exact) mass is 118 g/mol. The van der Waals surface area contributed by atoms with Gasteiger partial charge in [-0.15, -0.1) is 0 Å². The molecule has 0 saturated carbocycles. The van der Waals surface area contributed by atoms with E-state index in [9.17, 15) is 4.39 Å². The zero-order chi connectivity index (χ0) is 5.98. The molecule has 1 aliphatic rings. The van der Waals surface area contributed by atoms with Crippen LogP contribution in [0.3, 0.4) is 0 Å². The van der Waals surface area contributed by atoms with Crippen molar-refractivity contribution in [3.8, 4) is 0 Å². The summed E-state index contributed by atoms with van der Waals surface area (Å²) in [5.41, 5.74) is 0. The zero-order valence-electron chi connectivity index (χ0n) is 5.06. The van der Waals surface area contributed by atoms with Crippen LogP contribution in [0.5, 0.6) is 0 Å². The number of hydrogen-bond donors (Lipinski definition) is 0. The average molecular weight is 118 g/mol. The van der Waals surface area contributed by atoms with Gasteiger partial charge in [0.25, 0.3) is 0 Å². The molecule has 48 valence electrons. The normalized spacial score (nSPS) is 39.8. The highest BCUT2D eigenvalue weighted by molar-refractivity contribution is 4.60. The molecule has 2 heteroatoms. The first-order valence-corrected chi connectivity index (χ1v) is 3.06. The summed E-state index contributed by atoms with van der Waals surface area (Å²) in [6.45, 7) is 2.48. The van der Waals surface area contributed by atoms with E-state index in [1.54, 1.807) is 0 Å². The van der Waals surface area contributed by atoms with E-state index < -0.39 is 6.36 Å². The lowest BCUT2D eigenvalue weighted by Crippen LogP contribution is -2.22. The Morgan fingerprint density at radius 1 is 1.62 bits per heavy atom. The molecule has 8 heavy (non-hydrogen) atoms. The standard InChI is InChI=1S/C6H11FO/c1-5-3-2-4-8-6(5)7/h5-6H,2-4H2,1H3/t5?,6-/m1/s1. The lowest BCUT2D eigenvalue weighted by Gasteiger charge is -2.21. The zero-order valence-corrected chi connectivity index (χ0v) is 5.06. The lowest BCUT2D eigenvalue weighted by molar-refractivity contribution is -0.101. The van der Waals surface area contributed by atoms with Crippen LogP contribution in [0.2, 0.25) is 0 Å². The van der Waals surface area contributed by atoms with Crippen LogP contribution in [-0.4, -0.2) is 13.0 Å². The van der Waals surface area contributed by atoms with E-state index in [1.807, 2.05) is 6.92 Å². The molecule has 1 saturated heterocycles. The van der Waals surface area contributed by atoms with Gasteiger partial charge < -0.3 is 4.74 Å². The predicted molar refractivity (Wildman–Crippen MR) is 29.2 cm³/mol. The Labute approximate surface area is 48.8 Å². The van der Waals surface area contributed by atoms with E-state index in [-0.39, 0.29) is 5.92 Å². The molecule has 0 aliphatic carbocycles. The Bertz CT molecular complexity index is 64.9. The van der Waals surface area contributed by atoms with Crippen LogP contribution in [0.25, 0.3) is 0 Å². The summed E-state index contributed by atoms with van der Waals surface area (Å²) in [7, 11) is 0. The van der Waals surface area contributed by atoms with Gasteiger partial charge >= 0.3 is 0 Å². The van der Waals surface area contributed by atoms with Crippen LogP contribution in [0.15, 0.2) is 0 Å². The molecule has 0 aromatic heterocycles. The first-order valence-electron chi connectivity index (χ1n) is 3.06. The molecule has 0 aromatic carbocycles. The summed E-state index contributed by atoms with van der Waals surface area (Å²) in [5, 5.41) is 0. The lowest BCUT2D eigenvalue weighted by atomic mass is 10.0. The van der Waals surface area contributed by atoms with Crippen molar-refractivity contribution in [3.63, 3.8) is 0 Å². The maximum Gasteiger partial charge on any atom is 0.201 e. The van der Waals surface area contributed by atoms with Crippen molar-refractivity contribution in [1.29, 1.82) is 0 Å². The molecule has 2 atom stereocenters. The predicted octanol–water partition coefficient (Wildman–Crippen LogP) is 1.73. The first kappa shape index (κ1) is 6.02. The maximum absolute atomic E-state index is 12.4. The van der Waals surface area contributed by atoms with E-state index in [0.29, 0.717) is 6.61 Å². The van der Waals surface area contributed by atoms with Gasteiger partial charge in [-0.2, -0.15) is 0 Å². The van der Waals surface area contributed by atoms with Crippen molar-refractivity contribution in [1.82, 2.24) is 0 Å². The molecule has 1 unspecified atom stereocenters. The number of hydrogen-bond acceptors (Lipinski definition) is 1. The van der Waals surface area contributed by atoms with Gasteiger partial charge in [-0.25, -0.2) is 4.39 Å². The van der Waals surface area contributed by atoms with Gasteiger partial charge in [0.05, 0.1) is 6.61 Å². The van der Waals surface area contributed by atoms with E-state index in [4.69, 9.17) is 4.74 Å². The van der Waals surface area contributed by atoms with Gasteiger partial charge in [-0.1, -0.05) is 6.92 Å². The van der Waals surface area contributed by atoms with Crippen LogP contribution in [0.4, 0.5) is 4.39 Å². The smallest absolute Gasteiger partial charge is 0.201 e. The Morgan fingerprint density at radius 2 is 2.38 bits per heavy atom. The third kappa shape index (κ3) is 1.19. The summed E-state index contributed by atoms with van der Waals surface area (Å²) in [4.78, 5) is 0. The van der Waals surface area contributed by atoms with Crippen LogP contribution >= 0.6 is 0 Å². The summed E-state index contributed by atoms with van der Waals surface area (Å²) in [6.07, 6.45) is 0.992. The fourth-order valence-corrected chi connectivity index (χ4v) is 0.897. The molecule has 0 aromatic rings. The molecular formula is C6H11FO. The Kier molecular flexibility index (Phi) is 1.84. The van der Waals surface area contributed by atoms with Crippen molar-refractivity contribution in [3.05, 3.63) is 0 Å². The van der Waals surface area contributed by atoms with Crippen molar-refractivity contribution in [2.45, 2.75) is 26.1 Å². The molecule has 0 N–H and O–H groups in total. The van der Waals surface area contributed by atoms with Crippen LogP contribution < -0.4 is 0 Å². The molecule has 0 radical (unpaired) electrons. The SMILES string of the molecule is CC1CCCO[C@H]1F. The quantitative estimate of drug-likeness (QED) is 0.470. The highest BCUT2D eigenvalue weighted by Crippen LogP contribution is 2.20. The number of rotatable bonds is 0. The van der Waals surface area contributed by atoms with Crippen molar-refractivity contribution < 1.29 is 9.13 Å². The summed E-state index contributed by atoms with van der Waals surface area (Å²) >= 11 is 0. The first-order chi connectivity index (χ1) is 3.80. The average Bonchev–Trinajstić information content (AvgIpc) is 1.77. The molecule has 0 bridgehead atoms. The van der Waals surface area contributed by atoms with Crippen LogP contribution in [0, 0.1) is 5.92 Å². The molecule has 1 fully saturated rings. The van der Waals surface area contributed by atoms with Crippen LogP contribution in [-0.2, 0) is 4.74 Å². The van der Waals surface area contributed by atoms with Gasteiger partial charge in [-0.3, -0.25) is 0 Å². The van der Waals surface area contributed by atoms with E-state index in [1.165, 1.54) is 0 Å². The summed E-state index contributed by atoms with van der Waals surface area (Å²) < 4.78 is 17.1. The minimum Gasteiger partial charge on any atom is -0.348 e. The van der Waals surface area contributed by atoms with E-state index >= 15 is 0 Å². The fraction of sp³-hybridized carbons (Fsp3) is 1.00. The second-order valence-corrected chi connectivity index (χ2v) is 2.34. The van der Waals surface area contributed by atoms with Gasteiger partial charge in [-0.05, 0) is 12.8 Å². The number of halogens is 1. The third-order valence-electron chi connectivity index (χ3n) is 1.53. The molecule has 0 spiro atoms. The molecule has 0 amide bonds. The van der Waals surface area contributed by atoms with Crippen molar-refractivity contribution in [2.24, 2.45) is 5.92 Å². The van der Waals surface area contributed by atoms with Crippen molar-refractivity contribution in [2.75, 3.05) is 6.61 Å². The topological polar surface area (TPSA) is 9.23 Å². The van der Waals surface area contributed by atoms with Gasteiger partial charge in [0.1, 0.15) is 0 Å². The van der Waals surface area contributed by atoms with Crippen LogP contribution in [0.1, 0.15) is 19.8 Å². The summed E-state index contributed by atoms with van der Waals surface area (Å²) in [6, 6.07) is 0. The molecule has 1 aliphatic heterocycles. The minimum atomic E-state index is -0.997. The second kappa shape index (κ2) is 2.44. The van der Waals surface area contributed by atoms with Crippen molar-refractivity contribution >= 4 is 0 Å². The second-order valence-electron chi connectivity index (χ2n) is 2.34. The van der Waals surface area contributed by atoms with Gasteiger partial charge in [0.15, 0.2) is 0 Å². The highest BCUT2D eigenvalue weighted by Gasteiger charge is 2.20. The molecule has 1 nitrogen and oxygen atoms in total. The Morgan fingerprint density at radius 3 is 2.75 bits per heavy atom. The third-order valence-corrected chi connectivity index (χ3v) is 1.53. The molecule has 1 heterocycles.